The highest BCUT2D eigenvalue weighted by atomic mass is 16.5. The van der Waals surface area contributed by atoms with Crippen LogP contribution in [0.25, 0.3) is 0 Å². The number of carbonyl (C=O) groups excluding carboxylic acids is 1. The van der Waals surface area contributed by atoms with E-state index >= 15 is 0 Å². The van der Waals surface area contributed by atoms with Crippen molar-refractivity contribution < 1.29 is 14.1 Å². The lowest BCUT2D eigenvalue weighted by atomic mass is 10.3. The van der Waals surface area contributed by atoms with E-state index in [1.165, 1.54) is 0 Å². The quantitative estimate of drug-likeness (QED) is 0.769. The molecule has 106 valence electrons. The number of nitrogens with zero attached hydrogens (tertiary/aromatic N) is 2. The Labute approximate surface area is 115 Å². The van der Waals surface area contributed by atoms with Crippen LogP contribution in [-0.2, 0) is 11.3 Å². The fraction of sp³-hybridized carbons (Fsp3) is 0.308. The number of hydrogen-bond donors (Lipinski definition) is 1. The van der Waals surface area contributed by atoms with Crippen molar-refractivity contribution in [2.45, 2.75) is 13.5 Å². The molecule has 1 heterocycles. The van der Waals surface area contributed by atoms with Crippen molar-refractivity contribution in [3.63, 3.8) is 0 Å². The van der Waals surface area contributed by atoms with Crippen LogP contribution in [0.1, 0.15) is 5.82 Å². The third-order valence-electron chi connectivity index (χ3n) is 2.60. The van der Waals surface area contributed by atoms with Gasteiger partial charge in [0, 0.05) is 0 Å². The Kier molecular flexibility index (Phi) is 4.54. The molecule has 0 saturated heterocycles. The summed E-state index contributed by atoms with van der Waals surface area (Å²) >= 11 is 0. The molecule has 0 spiro atoms. The van der Waals surface area contributed by atoms with Gasteiger partial charge in [0.05, 0.1) is 6.54 Å². The largest absolute Gasteiger partial charge is 0.492 e. The molecule has 1 amide bonds. The average Bonchev–Trinajstić information content (AvgIpc) is 2.77. The summed E-state index contributed by atoms with van der Waals surface area (Å²) in [5, 5.41) is 6.13. The molecule has 0 aliphatic carbocycles. The molecular formula is C13H15N3O4. The third-order valence-corrected chi connectivity index (χ3v) is 2.60. The molecule has 0 saturated carbocycles. The first-order chi connectivity index (χ1) is 9.66. The van der Waals surface area contributed by atoms with Gasteiger partial charge in [-0.2, -0.15) is 0 Å². The number of amides is 1. The zero-order chi connectivity index (χ0) is 14.4. The molecule has 0 fully saturated rings. The first-order valence-electron chi connectivity index (χ1n) is 6.14. The van der Waals surface area contributed by atoms with E-state index in [-0.39, 0.29) is 12.5 Å². The van der Waals surface area contributed by atoms with Gasteiger partial charge in [-0.15, -0.1) is 0 Å². The molecule has 1 aromatic carbocycles. The average molecular weight is 277 g/mol. The SMILES string of the molecule is Cc1noc(=O)n1CC(=O)NCCOc1ccccc1. The van der Waals surface area contributed by atoms with Crippen molar-refractivity contribution in [3.8, 4) is 5.75 Å². The molecule has 0 atom stereocenters. The van der Waals surface area contributed by atoms with Gasteiger partial charge in [0.1, 0.15) is 18.9 Å². The number of hydrogen-bond acceptors (Lipinski definition) is 5. The molecule has 1 aromatic heterocycles. The monoisotopic (exact) mass is 277 g/mol. The minimum Gasteiger partial charge on any atom is -0.492 e. The van der Waals surface area contributed by atoms with Crippen LogP contribution < -0.4 is 15.8 Å². The normalized spacial score (nSPS) is 10.2. The Morgan fingerprint density at radius 2 is 2.15 bits per heavy atom. The minimum atomic E-state index is -0.641. The van der Waals surface area contributed by atoms with Gasteiger partial charge >= 0.3 is 5.76 Å². The molecule has 20 heavy (non-hydrogen) atoms. The van der Waals surface area contributed by atoms with Crippen LogP contribution in [0, 0.1) is 6.92 Å². The number of rotatable bonds is 6. The lowest BCUT2D eigenvalue weighted by Gasteiger charge is -2.07. The zero-order valence-electron chi connectivity index (χ0n) is 11.0. The topological polar surface area (TPSA) is 86.4 Å². The van der Waals surface area contributed by atoms with Crippen molar-refractivity contribution in [2.24, 2.45) is 0 Å². The van der Waals surface area contributed by atoms with Gasteiger partial charge in [0.15, 0.2) is 5.82 Å². The summed E-state index contributed by atoms with van der Waals surface area (Å²) in [5.74, 6) is 0.173. The second-order valence-electron chi connectivity index (χ2n) is 4.09. The molecule has 2 aromatic rings. The van der Waals surface area contributed by atoms with Crippen molar-refractivity contribution in [1.29, 1.82) is 0 Å². The maximum Gasteiger partial charge on any atom is 0.442 e. The molecule has 0 aliphatic heterocycles. The Balaban J connectivity index is 1.72. The number of ether oxygens (including phenoxy) is 1. The van der Waals surface area contributed by atoms with Gasteiger partial charge in [0.25, 0.3) is 0 Å². The van der Waals surface area contributed by atoms with E-state index in [0.717, 1.165) is 10.3 Å². The highest BCUT2D eigenvalue weighted by Gasteiger charge is 2.10. The standard InChI is InChI=1S/C13H15N3O4/c1-10-15-20-13(18)16(10)9-12(17)14-7-8-19-11-5-3-2-4-6-11/h2-6H,7-9H2,1H3,(H,14,17). The van der Waals surface area contributed by atoms with Gasteiger partial charge in [-0.05, 0) is 19.1 Å². The second kappa shape index (κ2) is 6.55. The first kappa shape index (κ1) is 13.9. The van der Waals surface area contributed by atoms with Gasteiger partial charge in [0.2, 0.25) is 5.91 Å². The molecule has 0 aliphatic rings. The number of benzene rings is 1. The Bertz CT molecular complexity index is 618. The highest BCUT2D eigenvalue weighted by molar-refractivity contribution is 5.75. The first-order valence-corrected chi connectivity index (χ1v) is 6.14. The lowest BCUT2D eigenvalue weighted by Crippen LogP contribution is -2.33. The number of aryl methyl sites for hydroxylation is 1. The summed E-state index contributed by atoms with van der Waals surface area (Å²) in [4.78, 5) is 22.8. The smallest absolute Gasteiger partial charge is 0.442 e. The fourth-order valence-corrected chi connectivity index (χ4v) is 1.59. The fourth-order valence-electron chi connectivity index (χ4n) is 1.59. The number of aromatic nitrogens is 2. The summed E-state index contributed by atoms with van der Waals surface area (Å²) in [7, 11) is 0. The van der Waals surface area contributed by atoms with E-state index in [2.05, 4.69) is 15.0 Å². The maximum atomic E-state index is 11.6. The lowest BCUT2D eigenvalue weighted by molar-refractivity contribution is -0.121. The summed E-state index contributed by atoms with van der Waals surface area (Å²) in [6.07, 6.45) is 0. The van der Waals surface area contributed by atoms with Crippen LogP contribution in [0.2, 0.25) is 0 Å². The second-order valence-corrected chi connectivity index (χ2v) is 4.09. The van der Waals surface area contributed by atoms with Gasteiger partial charge in [-0.3, -0.25) is 13.9 Å². The number of para-hydroxylation sites is 1. The summed E-state index contributed by atoms with van der Waals surface area (Å²) < 4.78 is 11.0. The Hall–Kier alpha value is -2.57. The third kappa shape index (κ3) is 3.71. The summed E-state index contributed by atoms with van der Waals surface area (Å²) in [5.41, 5.74) is 0. The van der Waals surface area contributed by atoms with Crippen LogP contribution in [0.15, 0.2) is 39.6 Å². The Morgan fingerprint density at radius 1 is 1.40 bits per heavy atom. The zero-order valence-corrected chi connectivity index (χ0v) is 11.0. The van der Waals surface area contributed by atoms with E-state index in [4.69, 9.17) is 4.74 Å². The van der Waals surface area contributed by atoms with Crippen LogP contribution in [0.4, 0.5) is 0 Å². The van der Waals surface area contributed by atoms with Crippen LogP contribution in [0.3, 0.4) is 0 Å². The van der Waals surface area contributed by atoms with Crippen molar-refractivity contribution in [1.82, 2.24) is 15.0 Å². The van der Waals surface area contributed by atoms with Gasteiger partial charge in [-0.1, -0.05) is 23.4 Å². The molecule has 7 nitrogen and oxygen atoms in total. The predicted octanol–water partition coefficient (Wildman–Crippen LogP) is 0.340. The van der Waals surface area contributed by atoms with Crippen LogP contribution in [0.5, 0.6) is 5.75 Å². The molecule has 0 bridgehead atoms. The molecule has 2 rings (SSSR count). The van der Waals surface area contributed by atoms with E-state index in [1.54, 1.807) is 6.92 Å². The molecule has 1 N–H and O–H groups in total. The molecular weight excluding hydrogens is 262 g/mol. The Morgan fingerprint density at radius 3 is 2.80 bits per heavy atom. The van der Waals surface area contributed by atoms with E-state index < -0.39 is 5.76 Å². The maximum absolute atomic E-state index is 11.6. The van der Waals surface area contributed by atoms with Crippen molar-refractivity contribution >= 4 is 5.91 Å². The minimum absolute atomic E-state index is 0.112. The summed E-state index contributed by atoms with van der Waals surface area (Å²) in [6.45, 7) is 2.19. The van der Waals surface area contributed by atoms with E-state index in [9.17, 15) is 9.59 Å². The van der Waals surface area contributed by atoms with Crippen molar-refractivity contribution in [2.75, 3.05) is 13.2 Å². The van der Waals surface area contributed by atoms with Gasteiger partial charge in [-0.25, -0.2) is 4.79 Å². The highest BCUT2D eigenvalue weighted by Crippen LogP contribution is 2.07. The molecule has 7 heteroatoms. The van der Waals surface area contributed by atoms with Crippen LogP contribution in [-0.4, -0.2) is 28.8 Å². The number of carbonyl (C=O) groups is 1. The van der Waals surface area contributed by atoms with E-state index in [1.807, 2.05) is 30.3 Å². The predicted molar refractivity (Wildman–Crippen MR) is 70.4 cm³/mol. The number of nitrogens with one attached hydrogen (secondary N) is 1. The van der Waals surface area contributed by atoms with Gasteiger partial charge < -0.3 is 10.1 Å². The van der Waals surface area contributed by atoms with E-state index in [0.29, 0.717) is 19.0 Å². The van der Waals surface area contributed by atoms with Crippen LogP contribution >= 0.6 is 0 Å². The molecule has 0 unspecified atom stereocenters. The van der Waals surface area contributed by atoms with Crippen molar-refractivity contribution in [3.05, 3.63) is 46.7 Å². The molecule has 0 radical (unpaired) electrons. The summed E-state index contributed by atoms with van der Waals surface area (Å²) in [6, 6.07) is 9.31.